The summed E-state index contributed by atoms with van der Waals surface area (Å²) in [7, 11) is 2.05. The first-order valence-electron chi connectivity index (χ1n) is 6.11. The molecule has 1 fully saturated rings. The lowest BCUT2D eigenvalue weighted by Gasteiger charge is -2.24. The molecule has 0 N–H and O–H groups in total. The topological polar surface area (TPSA) is 27.0 Å². The van der Waals surface area contributed by atoms with E-state index in [4.69, 9.17) is 16.9 Å². The summed E-state index contributed by atoms with van der Waals surface area (Å²) in [6.07, 6.45) is 5.32. The van der Waals surface area contributed by atoms with E-state index in [9.17, 15) is 0 Å². The monoisotopic (exact) mass is 248 g/mol. The van der Waals surface area contributed by atoms with Crippen molar-refractivity contribution in [1.82, 2.24) is 0 Å². The summed E-state index contributed by atoms with van der Waals surface area (Å²) in [5, 5.41) is 9.79. The number of nitrogens with zero attached hydrogens (tertiary/aromatic N) is 2. The van der Waals surface area contributed by atoms with Gasteiger partial charge < -0.3 is 4.90 Å². The van der Waals surface area contributed by atoms with E-state index in [0.717, 1.165) is 18.2 Å². The van der Waals surface area contributed by atoms with E-state index in [0.29, 0.717) is 10.6 Å². The maximum Gasteiger partial charge on any atom is 0.101 e. The number of halogens is 1. The third-order valence-corrected chi connectivity index (χ3v) is 3.73. The molecule has 90 valence electrons. The normalized spacial score (nSPS) is 15.8. The Balaban J connectivity index is 2.14. The molecule has 0 bridgehead atoms. The van der Waals surface area contributed by atoms with Gasteiger partial charge in [0.15, 0.2) is 0 Å². The summed E-state index contributed by atoms with van der Waals surface area (Å²) in [6.45, 7) is 1.02. The fourth-order valence-corrected chi connectivity index (χ4v) is 2.76. The fourth-order valence-electron chi connectivity index (χ4n) is 2.59. The van der Waals surface area contributed by atoms with Crippen LogP contribution in [0.4, 0.5) is 5.69 Å². The standard InChI is InChI=1S/C14H17ClN2/c1-17(10-11-4-2-3-5-11)14-8-13(15)7-6-12(14)9-16/h6-8,11H,2-5,10H2,1H3. The van der Waals surface area contributed by atoms with E-state index < -0.39 is 0 Å². The molecular formula is C14H17ClN2. The molecule has 17 heavy (non-hydrogen) atoms. The summed E-state index contributed by atoms with van der Waals surface area (Å²) in [4.78, 5) is 2.17. The highest BCUT2D eigenvalue weighted by atomic mass is 35.5. The zero-order chi connectivity index (χ0) is 12.3. The van der Waals surface area contributed by atoms with Gasteiger partial charge in [0, 0.05) is 18.6 Å². The Kier molecular flexibility index (Phi) is 3.91. The zero-order valence-electron chi connectivity index (χ0n) is 10.1. The van der Waals surface area contributed by atoms with Crippen molar-refractivity contribution < 1.29 is 0 Å². The van der Waals surface area contributed by atoms with Gasteiger partial charge in [-0.05, 0) is 37.0 Å². The van der Waals surface area contributed by atoms with Gasteiger partial charge in [-0.2, -0.15) is 5.26 Å². The third kappa shape index (κ3) is 2.92. The Morgan fingerprint density at radius 3 is 2.76 bits per heavy atom. The minimum Gasteiger partial charge on any atom is -0.373 e. The smallest absolute Gasteiger partial charge is 0.101 e. The minimum absolute atomic E-state index is 0.692. The van der Waals surface area contributed by atoms with Crippen LogP contribution < -0.4 is 4.90 Å². The summed E-state index contributed by atoms with van der Waals surface area (Å²) < 4.78 is 0. The second-order valence-corrected chi connectivity index (χ2v) is 5.24. The number of anilines is 1. The molecule has 0 atom stereocenters. The molecule has 0 heterocycles. The lowest BCUT2D eigenvalue weighted by molar-refractivity contribution is 0.547. The Bertz CT molecular complexity index is 430. The molecule has 3 heteroatoms. The molecule has 1 saturated carbocycles. The first-order valence-corrected chi connectivity index (χ1v) is 6.49. The predicted molar refractivity (Wildman–Crippen MR) is 71.4 cm³/mol. The summed E-state index contributed by atoms with van der Waals surface area (Å²) in [6, 6.07) is 7.68. The van der Waals surface area contributed by atoms with Gasteiger partial charge in [-0.15, -0.1) is 0 Å². The van der Waals surface area contributed by atoms with Gasteiger partial charge in [0.05, 0.1) is 11.3 Å². The molecule has 1 aromatic carbocycles. The molecule has 0 saturated heterocycles. The van der Waals surface area contributed by atoms with E-state index in [1.165, 1.54) is 25.7 Å². The average Bonchev–Trinajstić information content (AvgIpc) is 2.81. The van der Waals surface area contributed by atoms with E-state index in [1.54, 1.807) is 12.1 Å². The van der Waals surface area contributed by atoms with Crippen LogP contribution in [0.2, 0.25) is 5.02 Å². The summed E-state index contributed by atoms with van der Waals surface area (Å²) in [5.74, 6) is 0.769. The molecule has 2 nitrogen and oxygen atoms in total. The molecule has 0 spiro atoms. The van der Waals surface area contributed by atoms with E-state index >= 15 is 0 Å². The zero-order valence-corrected chi connectivity index (χ0v) is 10.9. The van der Waals surface area contributed by atoms with Crippen molar-refractivity contribution in [3.05, 3.63) is 28.8 Å². The Morgan fingerprint density at radius 2 is 2.12 bits per heavy atom. The highest BCUT2D eigenvalue weighted by Crippen LogP contribution is 2.29. The van der Waals surface area contributed by atoms with Gasteiger partial charge >= 0.3 is 0 Å². The fraction of sp³-hybridized carbons (Fsp3) is 0.500. The number of hydrogen-bond acceptors (Lipinski definition) is 2. The maximum absolute atomic E-state index is 9.10. The first-order chi connectivity index (χ1) is 8.20. The molecular weight excluding hydrogens is 232 g/mol. The van der Waals surface area contributed by atoms with Crippen LogP contribution in [-0.4, -0.2) is 13.6 Å². The van der Waals surface area contributed by atoms with Crippen molar-refractivity contribution in [2.75, 3.05) is 18.5 Å². The summed E-state index contributed by atoms with van der Waals surface area (Å²) in [5.41, 5.74) is 1.65. The highest BCUT2D eigenvalue weighted by Gasteiger charge is 2.18. The minimum atomic E-state index is 0.692. The lowest BCUT2D eigenvalue weighted by Crippen LogP contribution is -2.24. The van der Waals surface area contributed by atoms with Crippen molar-refractivity contribution in [2.45, 2.75) is 25.7 Å². The predicted octanol–water partition coefficient (Wildman–Crippen LogP) is 3.84. The van der Waals surface area contributed by atoms with Crippen molar-refractivity contribution in [1.29, 1.82) is 5.26 Å². The Morgan fingerprint density at radius 1 is 1.41 bits per heavy atom. The van der Waals surface area contributed by atoms with Crippen LogP contribution in [0, 0.1) is 17.2 Å². The van der Waals surface area contributed by atoms with Gasteiger partial charge in [0.1, 0.15) is 6.07 Å². The van der Waals surface area contributed by atoms with Crippen LogP contribution in [0.3, 0.4) is 0 Å². The summed E-state index contributed by atoms with van der Waals surface area (Å²) >= 11 is 6.00. The van der Waals surface area contributed by atoms with Gasteiger partial charge in [-0.25, -0.2) is 0 Å². The third-order valence-electron chi connectivity index (χ3n) is 3.50. The Labute approximate surface area is 108 Å². The number of nitriles is 1. The molecule has 0 unspecified atom stereocenters. The maximum atomic E-state index is 9.10. The molecule has 1 aliphatic carbocycles. The molecule has 0 aromatic heterocycles. The molecule has 0 aliphatic heterocycles. The molecule has 0 amide bonds. The van der Waals surface area contributed by atoms with Crippen LogP contribution in [-0.2, 0) is 0 Å². The van der Waals surface area contributed by atoms with Crippen LogP contribution in [0.25, 0.3) is 0 Å². The molecule has 2 rings (SSSR count). The largest absolute Gasteiger partial charge is 0.373 e. The molecule has 1 aliphatic rings. The first kappa shape index (κ1) is 12.3. The molecule has 0 radical (unpaired) electrons. The average molecular weight is 249 g/mol. The van der Waals surface area contributed by atoms with Crippen LogP contribution in [0.1, 0.15) is 31.2 Å². The van der Waals surface area contributed by atoms with Crippen LogP contribution >= 0.6 is 11.6 Å². The SMILES string of the molecule is CN(CC1CCCC1)c1cc(Cl)ccc1C#N. The van der Waals surface area contributed by atoms with Gasteiger partial charge in [0.2, 0.25) is 0 Å². The molecule has 1 aromatic rings. The van der Waals surface area contributed by atoms with Crippen molar-refractivity contribution in [2.24, 2.45) is 5.92 Å². The van der Waals surface area contributed by atoms with Gasteiger partial charge in [0.25, 0.3) is 0 Å². The second kappa shape index (κ2) is 5.42. The van der Waals surface area contributed by atoms with E-state index in [1.807, 2.05) is 13.1 Å². The quantitative estimate of drug-likeness (QED) is 0.813. The van der Waals surface area contributed by atoms with Gasteiger partial charge in [-0.3, -0.25) is 0 Å². The van der Waals surface area contributed by atoms with Crippen LogP contribution in [0.15, 0.2) is 18.2 Å². The van der Waals surface area contributed by atoms with Crippen molar-refractivity contribution >= 4 is 17.3 Å². The van der Waals surface area contributed by atoms with Crippen molar-refractivity contribution in [3.8, 4) is 6.07 Å². The van der Waals surface area contributed by atoms with Crippen LogP contribution in [0.5, 0.6) is 0 Å². The van der Waals surface area contributed by atoms with E-state index in [-0.39, 0.29) is 0 Å². The lowest BCUT2D eigenvalue weighted by atomic mass is 10.1. The van der Waals surface area contributed by atoms with E-state index in [2.05, 4.69) is 11.0 Å². The highest BCUT2D eigenvalue weighted by molar-refractivity contribution is 6.30. The number of benzene rings is 1. The van der Waals surface area contributed by atoms with Gasteiger partial charge in [-0.1, -0.05) is 24.4 Å². The van der Waals surface area contributed by atoms with Crippen molar-refractivity contribution in [3.63, 3.8) is 0 Å². The second-order valence-electron chi connectivity index (χ2n) is 4.80. The Hall–Kier alpha value is -1.20. The number of rotatable bonds is 3. The number of hydrogen-bond donors (Lipinski definition) is 0.